The van der Waals surface area contributed by atoms with Gasteiger partial charge in [-0.3, -0.25) is 0 Å². The summed E-state index contributed by atoms with van der Waals surface area (Å²) >= 11 is 0. The zero-order chi connectivity index (χ0) is 33.6. The highest BCUT2D eigenvalue weighted by Crippen LogP contribution is 2.46. The lowest BCUT2D eigenvalue weighted by atomic mass is 9.85. The first-order valence-corrected chi connectivity index (χ1v) is 17.9. The van der Waals surface area contributed by atoms with Crippen LogP contribution in [0.5, 0.6) is 0 Å². The van der Waals surface area contributed by atoms with E-state index in [0.717, 1.165) is 23.0 Å². The number of hydrogen-bond donors (Lipinski definition) is 0. The van der Waals surface area contributed by atoms with E-state index in [1.807, 2.05) is 0 Å². The molecule has 1 atom stereocenters. The number of aromatic nitrogens is 1. The largest absolute Gasteiger partial charge is 0.456 e. The van der Waals surface area contributed by atoms with E-state index in [-0.39, 0.29) is 0 Å². The number of nitrogens with zero attached hydrogens (tertiary/aromatic N) is 1. The monoisotopic (exact) mass is 651 g/mol. The maximum atomic E-state index is 6.41. The smallest absolute Gasteiger partial charge is 0.136 e. The molecular formula is C49H33NO. The summed E-state index contributed by atoms with van der Waals surface area (Å²) in [6.07, 6.45) is 5.72. The van der Waals surface area contributed by atoms with Crippen molar-refractivity contribution in [3.8, 4) is 27.9 Å². The third-order valence-electron chi connectivity index (χ3n) is 11.1. The van der Waals surface area contributed by atoms with Crippen molar-refractivity contribution in [1.82, 2.24) is 4.57 Å². The van der Waals surface area contributed by atoms with Crippen LogP contribution in [0.2, 0.25) is 0 Å². The standard InChI is InChI=1S/C49H33NO/c1-30-19-23-43-40(27-30)41-28-32(20-24-44(41)50(43)34-12-3-2-4-13-34)47-36-15-7-9-17-38(36)48(39-18-10-8-16-37(39)47)33-22-25-45-42(29-33)49-35-14-6-5-11-31(35)21-26-46(49)51-45/h2-26,28-30H,27H2,1H3. The van der Waals surface area contributed by atoms with Gasteiger partial charge in [-0.15, -0.1) is 0 Å². The number of benzene rings is 8. The van der Waals surface area contributed by atoms with Crippen LogP contribution in [0.3, 0.4) is 0 Å². The quantitative estimate of drug-likeness (QED) is 0.174. The van der Waals surface area contributed by atoms with Crippen molar-refractivity contribution < 1.29 is 4.42 Å². The van der Waals surface area contributed by atoms with E-state index in [1.54, 1.807) is 0 Å². The predicted molar refractivity (Wildman–Crippen MR) is 216 cm³/mol. The van der Waals surface area contributed by atoms with E-state index in [9.17, 15) is 0 Å². The minimum absolute atomic E-state index is 0.500. The van der Waals surface area contributed by atoms with Crippen molar-refractivity contribution in [2.45, 2.75) is 13.3 Å². The van der Waals surface area contributed by atoms with Gasteiger partial charge >= 0.3 is 0 Å². The molecule has 8 aromatic carbocycles. The second-order valence-electron chi connectivity index (χ2n) is 14.1. The summed E-state index contributed by atoms with van der Waals surface area (Å²) in [5, 5.41) is 11.1. The second-order valence-corrected chi connectivity index (χ2v) is 14.1. The lowest BCUT2D eigenvalue weighted by Gasteiger charge is -2.18. The van der Waals surface area contributed by atoms with Gasteiger partial charge in [-0.1, -0.05) is 122 Å². The molecule has 0 amide bonds. The van der Waals surface area contributed by atoms with Crippen molar-refractivity contribution in [2.75, 3.05) is 0 Å². The van der Waals surface area contributed by atoms with E-state index < -0.39 is 0 Å². The second kappa shape index (κ2) is 10.8. The molecule has 51 heavy (non-hydrogen) atoms. The molecular weight excluding hydrogens is 619 g/mol. The zero-order valence-electron chi connectivity index (χ0n) is 28.2. The van der Waals surface area contributed by atoms with Gasteiger partial charge in [0.1, 0.15) is 11.2 Å². The Hall–Kier alpha value is -6.38. The first kappa shape index (κ1) is 28.5. The summed E-state index contributed by atoms with van der Waals surface area (Å²) in [7, 11) is 0. The van der Waals surface area contributed by atoms with Crippen LogP contribution < -0.4 is 0 Å². The minimum Gasteiger partial charge on any atom is -0.456 e. The van der Waals surface area contributed by atoms with Gasteiger partial charge in [0.15, 0.2) is 0 Å². The van der Waals surface area contributed by atoms with Gasteiger partial charge in [0, 0.05) is 27.5 Å². The Kier molecular flexibility index (Phi) is 6.03. The number of para-hydroxylation sites is 1. The molecule has 0 saturated carbocycles. The van der Waals surface area contributed by atoms with Crippen LogP contribution in [0.25, 0.3) is 99.2 Å². The van der Waals surface area contributed by atoms with Crippen LogP contribution in [0.15, 0.2) is 162 Å². The Bertz CT molecular complexity index is 3010. The molecule has 0 spiro atoms. The number of hydrogen-bond acceptors (Lipinski definition) is 1. The summed E-state index contributed by atoms with van der Waals surface area (Å²) in [6.45, 7) is 2.32. The van der Waals surface area contributed by atoms with Gasteiger partial charge in [0.2, 0.25) is 0 Å². The Balaban J connectivity index is 1.19. The molecule has 2 aromatic heterocycles. The molecule has 1 aliphatic carbocycles. The molecule has 11 rings (SSSR count). The van der Waals surface area contributed by atoms with Crippen LogP contribution >= 0.6 is 0 Å². The molecule has 0 aliphatic heterocycles. The topological polar surface area (TPSA) is 18.1 Å². The van der Waals surface area contributed by atoms with E-state index in [0.29, 0.717) is 5.92 Å². The van der Waals surface area contributed by atoms with Gasteiger partial charge in [0.05, 0.1) is 5.52 Å². The van der Waals surface area contributed by atoms with Gasteiger partial charge in [-0.2, -0.15) is 0 Å². The molecule has 2 nitrogen and oxygen atoms in total. The first-order chi connectivity index (χ1) is 25.2. The van der Waals surface area contributed by atoms with Crippen molar-refractivity contribution in [2.24, 2.45) is 5.92 Å². The fraction of sp³-hybridized carbons (Fsp3) is 0.0612. The van der Waals surface area contributed by atoms with Crippen molar-refractivity contribution in [3.05, 3.63) is 169 Å². The highest BCUT2D eigenvalue weighted by Gasteiger charge is 2.23. The molecule has 1 aliphatic rings. The molecule has 1 unspecified atom stereocenters. The van der Waals surface area contributed by atoms with E-state index in [2.05, 4.69) is 175 Å². The molecule has 0 radical (unpaired) electrons. The molecule has 0 N–H and O–H groups in total. The molecule has 0 fully saturated rings. The van der Waals surface area contributed by atoms with Crippen molar-refractivity contribution in [1.29, 1.82) is 0 Å². The van der Waals surface area contributed by atoms with Crippen LogP contribution in [0.1, 0.15) is 18.2 Å². The first-order valence-electron chi connectivity index (χ1n) is 17.9. The molecule has 10 aromatic rings. The zero-order valence-corrected chi connectivity index (χ0v) is 28.2. The Morgan fingerprint density at radius 2 is 1.12 bits per heavy atom. The van der Waals surface area contributed by atoms with Gasteiger partial charge in [0.25, 0.3) is 0 Å². The van der Waals surface area contributed by atoms with Gasteiger partial charge in [-0.05, 0) is 121 Å². The van der Waals surface area contributed by atoms with Crippen molar-refractivity contribution in [3.63, 3.8) is 0 Å². The lowest BCUT2D eigenvalue weighted by Crippen LogP contribution is -2.05. The fourth-order valence-electron chi connectivity index (χ4n) is 8.87. The summed E-state index contributed by atoms with van der Waals surface area (Å²) in [6, 6.07) is 55.4. The van der Waals surface area contributed by atoms with Crippen LogP contribution in [0.4, 0.5) is 0 Å². The molecule has 0 bridgehead atoms. The number of furan rings is 1. The molecule has 2 heterocycles. The molecule has 240 valence electrons. The van der Waals surface area contributed by atoms with Crippen LogP contribution in [0, 0.1) is 5.92 Å². The fourth-order valence-corrected chi connectivity index (χ4v) is 8.87. The van der Waals surface area contributed by atoms with Gasteiger partial charge < -0.3 is 8.98 Å². The minimum atomic E-state index is 0.500. The Morgan fingerprint density at radius 3 is 1.82 bits per heavy atom. The van der Waals surface area contributed by atoms with Crippen molar-refractivity contribution >= 4 is 71.2 Å². The summed E-state index contributed by atoms with van der Waals surface area (Å²) in [5.41, 5.74) is 12.0. The highest BCUT2D eigenvalue weighted by molar-refractivity contribution is 6.24. The number of fused-ring (bicyclic) bond motifs is 10. The van der Waals surface area contributed by atoms with Gasteiger partial charge in [-0.25, -0.2) is 0 Å². The number of allylic oxidation sites excluding steroid dienone is 1. The maximum absolute atomic E-state index is 6.41. The highest BCUT2D eigenvalue weighted by atomic mass is 16.3. The maximum Gasteiger partial charge on any atom is 0.136 e. The third-order valence-corrected chi connectivity index (χ3v) is 11.1. The summed E-state index contributed by atoms with van der Waals surface area (Å²) in [5.74, 6) is 0.500. The van der Waals surface area contributed by atoms with E-state index >= 15 is 0 Å². The predicted octanol–water partition coefficient (Wildman–Crippen LogP) is 13.5. The average molecular weight is 652 g/mol. The third kappa shape index (κ3) is 4.17. The van der Waals surface area contributed by atoms with Crippen LogP contribution in [-0.4, -0.2) is 4.57 Å². The Labute approximate surface area is 295 Å². The van der Waals surface area contributed by atoms with E-state index in [4.69, 9.17) is 4.42 Å². The van der Waals surface area contributed by atoms with Crippen LogP contribution in [-0.2, 0) is 6.42 Å². The normalized spacial score (nSPS) is 14.4. The SMILES string of the molecule is CC1C=Cc2c(c3cc(-c4c5ccccc5c(-c5ccc6oc7ccc8ccccc8c7c6c5)c5ccccc45)ccc3n2-c2ccccc2)C1. The lowest BCUT2D eigenvalue weighted by molar-refractivity contribution is 0.669. The molecule has 0 saturated heterocycles. The summed E-state index contributed by atoms with van der Waals surface area (Å²) in [4.78, 5) is 0. The van der Waals surface area contributed by atoms with E-state index in [1.165, 1.54) is 87.8 Å². The summed E-state index contributed by atoms with van der Waals surface area (Å²) < 4.78 is 8.85. The Morgan fingerprint density at radius 1 is 0.529 bits per heavy atom. The molecule has 2 heteroatoms. The average Bonchev–Trinajstić information content (AvgIpc) is 3.72. The number of rotatable bonds is 3.